The summed E-state index contributed by atoms with van der Waals surface area (Å²) in [6.07, 6.45) is 5.08. The lowest BCUT2D eigenvalue weighted by molar-refractivity contribution is -0.131. The average molecular weight is 501 g/mol. The molecule has 7 nitrogen and oxygen atoms in total. The molecule has 0 bridgehead atoms. The average Bonchev–Trinajstić information content (AvgIpc) is 3.61. The van der Waals surface area contributed by atoms with Crippen LogP contribution in [0.1, 0.15) is 63.1 Å². The Bertz CT molecular complexity index is 1270. The molecular formula is C25H29ClN4O3S. The number of sulfone groups is 1. The van der Waals surface area contributed by atoms with Gasteiger partial charge in [0.2, 0.25) is 5.91 Å². The number of carbonyl (C=O) groups is 1. The van der Waals surface area contributed by atoms with Crippen LogP contribution in [0.4, 0.5) is 0 Å². The lowest BCUT2D eigenvalue weighted by Gasteiger charge is -2.41. The number of rotatable bonds is 4. The molecule has 2 aliphatic heterocycles. The Morgan fingerprint density at radius 2 is 1.94 bits per heavy atom. The summed E-state index contributed by atoms with van der Waals surface area (Å²) in [5.41, 5.74) is 9.01. The van der Waals surface area contributed by atoms with Gasteiger partial charge in [0.1, 0.15) is 0 Å². The highest BCUT2D eigenvalue weighted by molar-refractivity contribution is 7.92. The van der Waals surface area contributed by atoms with Crippen molar-refractivity contribution < 1.29 is 13.2 Å². The summed E-state index contributed by atoms with van der Waals surface area (Å²) in [6, 6.07) is 9.56. The molecule has 1 amide bonds. The molecule has 1 aliphatic carbocycles. The molecule has 5 rings (SSSR count). The Balaban J connectivity index is 1.45. The quantitative estimate of drug-likeness (QED) is 0.682. The zero-order valence-corrected chi connectivity index (χ0v) is 20.9. The summed E-state index contributed by atoms with van der Waals surface area (Å²) in [7, 11) is -3.12. The van der Waals surface area contributed by atoms with Crippen LogP contribution >= 0.6 is 11.6 Å². The third-order valence-electron chi connectivity index (χ3n) is 7.36. The molecule has 0 radical (unpaired) electrons. The third kappa shape index (κ3) is 4.11. The molecule has 2 N–H and O–H groups in total. The van der Waals surface area contributed by atoms with E-state index in [2.05, 4.69) is 11.1 Å². The first kappa shape index (κ1) is 23.3. The van der Waals surface area contributed by atoms with Crippen LogP contribution in [0.3, 0.4) is 0 Å². The van der Waals surface area contributed by atoms with Crippen molar-refractivity contribution in [2.24, 2.45) is 10.7 Å². The second-order valence-corrected chi connectivity index (χ2v) is 12.9. The number of pyridine rings is 1. The number of halogens is 1. The molecular weight excluding hydrogens is 472 g/mol. The highest BCUT2D eigenvalue weighted by atomic mass is 35.5. The normalized spacial score (nSPS) is 29.1. The van der Waals surface area contributed by atoms with E-state index < -0.39 is 20.6 Å². The molecule has 0 spiro atoms. The number of amides is 1. The van der Waals surface area contributed by atoms with Crippen LogP contribution in [0.5, 0.6) is 0 Å². The summed E-state index contributed by atoms with van der Waals surface area (Å²) in [5.74, 6) is 0.584. The summed E-state index contributed by atoms with van der Waals surface area (Å²) < 4.78 is 24.2. The van der Waals surface area contributed by atoms with Gasteiger partial charge in [0.05, 0.1) is 28.0 Å². The predicted molar refractivity (Wildman–Crippen MR) is 133 cm³/mol. The van der Waals surface area contributed by atoms with Gasteiger partial charge in [-0.05, 0) is 51.2 Å². The van der Waals surface area contributed by atoms with E-state index in [4.69, 9.17) is 22.3 Å². The van der Waals surface area contributed by atoms with Crippen molar-refractivity contribution in [2.45, 2.75) is 68.7 Å². The maximum absolute atomic E-state index is 13.3. The third-order valence-corrected chi connectivity index (χ3v) is 9.99. The summed E-state index contributed by atoms with van der Waals surface area (Å²) >= 11 is 6.88. The molecule has 3 aliphatic rings. The van der Waals surface area contributed by atoms with Gasteiger partial charge in [0.15, 0.2) is 15.8 Å². The van der Waals surface area contributed by atoms with Crippen molar-refractivity contribution >= 4 is 33.3 Å². The van der Waals surface area contributed by atoms with Crippen molar-refractivity contribution in [1.29, 1.82) is 0 Å². The number of aliphatic imine (C=N–C) groups is 1. The first-order chi connectivity index (χ1) is 16.1. The minimum atomic E-state index is -3.12. The van der Waals surface area contributed by atoms with E-state index in [0.29, 0.717) is 23.8 Å². The molecule has 9 heteroatoms. The monoisotopic (exact) mass is 500 g/mol. The first-order valence-electron chi connectivity index (χ1n) is 11.7. The van der Waals surface area contributed by atoms with Gasteiger partial charge in [0.25, 0.3) is 0 Å². The number of hydrogen-bond acceptors (Lipinski definition) is 6. The molecule has 1 saturated carbocycles. The van der Waals surface area contributed by atoms with Crippen LogP contribution in [-0.4, -0.2) is 47.2 Å². The zero-order valence-electron chi connectivity index (χ0n) is 19.4. The molecule has 3 heterocycles. The zero-order chi connectivity index (χ0) is 24.3. The molecule has 2 fully saturated rings. The van der Waals surface area contributed by atoms with Crippen molar-refractivity contribution in [3.8, 4) is 11.1 Å². The Morgan fingerprint density at radius 3 is 2.56 bits per heavy atom. The number of guanidine groups is 1. The molecule has 2 aromatic rings. The Hall–Kier alpha value is -2.45. The van der Waals surface area contributed by atoms with Gasteiger partial charge >= 0.3 is 0 Å². The number of benzene rings is 1. The first-order valence-corrected chi connectivity index (χ1v) is 13.8. The van der Waals surface area contributed by atoms with Gasteiger partial charge < -0.3 is 5.73 Å². The molecule has 1 saturated heterocycles. The topological polar surface area (TPSA) is 106 Å². The van der Waals surface area contributed by atoms with E-state index in [9.17, 15) is 13.2 Å². The van der Waals surface area contributed by atoms with Crippen molar-refractivity contribution in [3.05, 3.63) is 52.8 Å². The van der Waals surface area contributed by atoms with Gasteiger partial charge in [-0.3, -0.25) is 14.7 Å². The van der Waals surface area contributed by atoms with Gasteiger partial charge in [-0.25, -0.2) is 13.4 Å². The van der Waals surface area contributed by atoms with Gasteiger partial charge in [-0.1, -0.05) is 35.9 Å². The van der Waals surface area contributed by atoms with E-state index in [1.807, 2.05) is 37.4 Å². The van der Waals surface area contributed by atoms with Crippen LogP contribution in [0, 0.1) is 0 Å². The molecule has 180 valence electrons. The lowest BCUT2D eigenvalue weighted by Crippen LogP contribution is -2.56. The molecule has 1 aromatic carbocycles. The highest BCUT2D eigenvalue weighted by Crippen LogP contribution is 2.43. The van der Waals surface area contributed by atoms with Crippen LogP contribution < -0.4 is 5.73 Å². The highest BCUT2D eigenvalue weighted by Gasteiger charge is 2.44. The predicted octanol–water partition coefficient (Wildman–Crippen LogP) is 4.01. The Morgan fingerprint density at radius 1 is 1.18 bits per heavy atom. The van der Waals surface area contributed by atoms with Crippen molar-refractivity contribution in [1.82, 2.24) is 9.88 Å². The summed E-state index contributed by atoms with van der Waals surface area (Å²) in [5, 5.41) is 0.0207. The van der Waals surface area contributed by atoms with Gasteiger partial charge in [-0.2, -0.15) is 0 Å². The van der Waals surface area contributed by atoms with Crippen LogP contribution in [0.2, 0.25) is 5.02 Å². The fourth-order valence-corrected chi connectivity index (χ4v) is 7.10. The van der Waals surface area contributed by atoms with Crippen LogP contribution in [0.25, 0.3) is 11.1 Å². The fraction of sp³-hybridized carbons (Fsp3) is 0.480. The van der Waals surface area contributed by atoms with Gasteiger partial charge in [-0.15, -0.1) is 0 Å². The van der Waals surface area contributed by atoms with E-state index in [1.165, 1.54) is 17.7 Å². The number of carbonyl (C=O) groups excluding carboxylic acids is 1. The van der Waals surface area contributed by atoms with Crippen molar-refractivity contribution in [3.63, 3.8) is 0 Å². The molecule has 1 aromatic heterocycles. The second kappa shape index (κ2) is 8.34. The van der Waals surface area contributed by atoms with E-state index in [-0.39, 0.29) is 30.1 Å². The van der Waals surface area contributed by atoms with E-state index >= 15 is 0 Å². The maximum Gasteiger partial charge on any atom is 0.232 e. The number of nitrogens with two attached hydrogens (primary N) is 1. The minimum Gasteiger partial charge on any atom is -0.369 e. The maximum atomic E-state index is 13.3. The summed E-state index contributed by atoms with van der Waals surface area (Å²) in [4.78, 5) is 24.1. The van der Waals surface area contributed by atoms with Gasteiger partial charge in [0, 0.05) is 35.0 Å². The fourth-order valence-electron chi connectivity index (χ4n) is 5.14. The molecule has 3 atom stereocenters. The SMILES string of the molecule is C[C@H]1C[C@@H](N2C(=O)C[C@@](C)(c3cccc(-c4ccc(C5CC5)nc4)c3Cl)N=C2N)CCS1(=O)=O. The smallest absolute Gasteiger partial charge is 0.232 e. The molecule has 34 heavy (non-hydrogen) atoms. The Kier molecular flexibility index (Phi) is 5.72. The van der Waals surface area contributed by atoms with Crippen molar-refractivity contribution in [2.75, 3.05) is 5.75 Å². The standard InChI is InChI=1S/C25H29ClN4O3S/c1-15-12-18(10-11-34(15,32)33)30-22(31)13-25(2,29-24(30)27)20-5-3-4-19(23(20)26)17-8-9-21(28-14-17)16-6-7-16/h3-5,8-9,14-16,18H,6-7,10-13H2,1-2H3,(H2,27,29)/t15-,18-,25-/m0/s1. The largest absolute Gasteiger partial charge is 0.369 e. The Labute approximate surface area is 205 Å². The van der Waals surface area contributed by atoms with E-state index in [0.717, 1.165) is 22.4 Å². The number of aromatic nitrogens is 1. The second-order valence-electron chi connectivity index (χ2n) is 9.95. The number of hydrogen-bond donors (Lipinski definition) is 1. The lowest BCUT2D eigenvalue weighted by atomic mass is 9.85. The molecule has 0 unspecified atom stereocenters. The van der Waals surface area contributed by atoms with Crippen LogP contribution in [0.15, 0.2) is 41.5 Å². The summed E-state index contributed by atoms with van der Waals surface area (Å²) in [6.45, 7) is 3.55. The minimum absolute atomic E-state index is 0.0502. The van der Waals surface area contributed by atoms with E-state index in [1.54, 1.807) is 6.92 Å². The van der Waals surface area contributed by atoms with Crippen LogP contribution in [-0.2, 0) is 20.2 Å². The number of nitrogens with zero attached hydrogens (tertiary/aromatic N) is 3.